The first kappa shape index (κ1) is 45.5. The van der Waals surface area contributed by atoms with E-state index in [1.807, 2.05) is 36.4 Å². The number of carbonyl (C=O) groups excluding carboxylic acids is 2. The molecule has 3 aliphatic heterocycles. The monoisotopic (exact) mass is 870 g/mol. The lowest BCUT2D eigenvalue weighted by atomic mass is 10.1. The Kier molecular flexibility index (Phi) is 16.3. The van der Waals surface area contributed by atoms with Crippen molar-refractivity contribution < 1.29 is 40.6 Å². The van der Waals surface area contributed by atoms with Gasteiger partial charge in [-0.3, -0.25) is 13.5 Å². The Bertz CT molecular complexity index is 2170. The Balaban J connectivity index is 0.000000223. The molecule has 1 N–H and O–H groups in total. The number of methoxy groups -OCH3 is 2. The van der Waals surface area contributed by atoms with Crippen molar-refractivity contribution in [2.45, 2.75) is 19.1 Å². The van der Waals surface area contributed by atoms with Gasteiger partial charge in [0.15, 0.2) is 0 Å². The van der Waals surface area contributed by atoms with E-state index in [1.165, 1.54) is 27.1 Å². The van der Waals surface area contributed by atoms with E-state index in [1.54, 1.807) is 77.1 Å². The van der Waals surface area contributed by atoms with Crippen LogP contribution < -0.4 is 13.9 Å². The zero-order valence-corrected chi connectivity index (χ0v) is 35.5. The van der Waals surface area contributed by atoms with Gasteiger partial charge in [-0.25, -0.2) is 9.59 Å². The summed E-state index contributed by atoms with van der Waals surface area (Å²) in [7, 11) is -4.74. The van der Waals surface area contributed by atoms with Gasteiger partial charge >= 0.3 is 32.4 Å². The highest BCUT2D eigenvalue weighted by molar-refractivity contribution is 7.90. The van der Waals surface area contributed by atoms with Crippen LogP contribution >= 0.6 is 12.4 Å². The summed E-state index contributed by atoms with van der Waals surface area (Å²) in [5, 5.41) is 3.17. The van der Waals surface area contributed by atoms with Crippen LogP contribution in [0.2, 0.25) is 0 Å². The number of rotatable bonds is 13. The number of halogens is 1. The molecule has 3 heterocycles. The van der Waals surface area contributed by atoms with Crippen LogP contribution in [0, 0.1) is 0 Å². The molecule has 0 bridgehead atoms. The van der Waals surface area contributed by atoms with Crippen molar-refractivity contribution in [3.8, 4) is 0 Å². The van der Waals surface area contributed by atoms with Crippen molar-refractivity contribution in [3.05, 3.63) is 131 Å². The van der Waals surface area contributed by atoms with Crippen LogP contribution in [0.5, 0.6) is 0 Å². The number of anilines is 2. The van der Waals surface area contributed by atoms with Gasteiger partial charge in [-0.1, -0.05) is 60.7 Å². The smallest absolute Gasteiger partial charge is 0.337 e. The van der Waals surface area contributed by atoms with Gasteiger partial charge in [0.05, 0.1) is 69.1 Å². The van der Waals surface area contributed by atoms with Gasteiger partial charge in [0, 0.05) is 52.4 Å². The van der Waals surface area contributed by atoms with Crippen LogP contribution in [0.25, 0.3) is 0 Å². The number of ether oxygens (including phenoxy) is 3. The van der Waals surface area contributed by atoms with Crippen molar-refractivity contribution >= 4 is 56.1 Å². The van der Waals surface area contributed by atoms with E-state index >= 15 is 0 Å². The van der Waals surface area contributed by atoms with E-state index in [0.29, 0.717) is 80.9 Å². The highest BCUT2D eigenvalue weighted by atomic mass is 35.5. The number of para-hydroxylation sites is 2. The minimum Gasteiger partial charge on any atom is -0.465 e. The average molecular weight is 871 g/mol. The van der Waals surface area contributed by atoms with Gasteiger partial charge in [-0.05, 0) is 59.7 Å². The minimum atomic E-state index is -3.73. The third-order valence-corrected chi connectivity index (χ3v) is 14.0. The predicted molar refractivity (Wildman–Crippen MR) is 228 cm³/mol. The molecule has 15 nitrogen and oxygen atoms in total. The number of hydrogen-bond donors (Lipinski definition) is 1. The summed E-state index contributed by atoms with van der Waals surface area (Å²) < 4.78 is 74.3. The number of nitrogens with zero attached hydrogens (tertiary/aromatic N) is 5. The van der Waals surface area contributed by atoms with Crippen LogP contribution in [0.3, 0.4) is 0 Å². The Labute approximate surface area is 353 Å². The molecule has 3 saturated heterocycles. The summed E-state index contributed by atoms with van der Waals surface area (Å²) in [5.41, 5.74) is 3.63. The topological polar surface area (TPSA) is 158 Å². The molecule has 4 aromatic carbocycles. The fourth-order valence-corrected chi connectivity index (χ4v) is 9.97. The predicted octanol–water partition coefficient (Wildman–Crippen LogP) is 3.79. The third kappa shape index (κ3) is 11.4. The lowest BCUT2D eigenvalue weighted by molar-refractivity contribution is -0.0721. The Morgan fingerprint density at radius 1 is 0.610 bits per heavy atom. The van der Waals surface area contributed by atoms with Gasteiger partial charge in [0.25, 0.3) is 0 Å². The maximum absolute atomic E-state index is 13.6. The Morgan fingerprint density at radius 3 is 1.36 bits per heavy atom. The summed E-state index contributed by atoms with van der Waals surface area (Å²) in [6, 6.07) is 32.1. The summed E-state index contributed by atoms with van der Waals surface area (Å²) in [6.45, 7) is 6.24. The zero-order chi connectivity index (χ0) is 41.1. The van der Waals surface area contributed by atoms with Crippen molar-refractivity contribution in [3.63, 3.8) is 0 Å². The molecular formula is C41H51ClN6O9S2. The lowest BCUT2D eigenvalue weighted by Crippen LogP contribution is -2.59. The van der Waals surface area contributed by atoms with E-state index in [9.17, 15) is 26.4 Å². The standard InChI is InChI=1S/C22H27N3O5S.C19H23N3O4S.ClH/c1-29-22(26)19-9-7-18(8-10-19)15-25(20-5-3-2-4-6-20)31(27,28)24-13-11-23(12-14-24)21-16-30-17-21;1-26-19(23)17-9-7-16(8-10-17)15-22(18-5-3-2-4-6-18)27(24,25)21-13-11-20-12-14-21;/h2-10,21H,11-17H2,1H3;2-10,20H,11-15H2,1H3;1H. The number of hydrogen-bond acceptors (Lipinski definition) is 11. The van der Waals surface area contributed by atoms with Crippen molar-refractivity contribution in [1.29, 1.82) is 0 Å². The molecule has 4 aromatic rings. The van der Waals surface area contributed by atoms with Crippen LogP contribution in [-0.2, 0) is 47.7 Å². The largest absolute Gasteiger partial charge is 0.465 e. The molecule has 0 atom stereocenters. The van der Waals surface area contributed by atoms with Gasteiger partial charge in [-0.2, -0.15) is 25.4 Å². The first-order valence-corrected chi connectivity index (χ1v) is 21.8. The van der Waals surface area contributed by atoms with E-state index in [0.717, 1.165) is 24.3 Å². The molecule has 3 aliphatic rings. The normalized spacial score (nSPS) is 16.6. The molecule has 0 aliphatic carbocycles. The van der Waals surface area contributed by atoms with Gasteiger partial charge in [0.2, 0.25) is 0 Å². The number of benzene rings is 4. The second-order valence-electron chi connectivity index (χ2n) is 13.9. The Hall–Kier alpha value is -4.59. The highest BCUT2D eigenvalue weighted by Gasteiger charge is 2.36. The maximum Gasteiger partial charge on any atom is 0.337 e. The molecule has 7 rings (SSSR count). The van der Waals surface area contributed by atoms with Crippen LogP contribution in [0.1, 0.15) is 31.8 Å². The third-order valence-electron chi connectivity index (χ3n) is 10.2. The molecule has 0 amide bonds. The molecule has 18 heteroatoms. The molecule has 0 spiro atoms. The van der Waals surface area contributed by atoms with E-state index < -0.39 is 32.4 Å². The van der Waals surface area contributed by atoms with E-state index in [2.05, 4.69) is 10.2 Å². The minimum absolute atomic E-state index is 0. The second-order valence-corrected chi connectivity index (χ2v) is 17.6. The summed E-state index contributed by atoms with van der Waals surface area (Å²) >= 11 is 0. The average Bonchev–Trinajstić information content (AvgIpc) is 3.25. The number of carbonyl (C=O) groups is 2. The molecule has 3 fully saturated rings. The molecule has 0 radical (unpaired) electrons. The van der Waals surface area contributed by atoms with Gasteiger partial charge in [0.1, 0.15) is 0 Å². The molecule has 318 valence electrons. The molecule has 0 unspecified atom stereocenters. The number of nitrogens with one attached hydrogen (secondary N) is 1. The number of piperazine rings is 2. The molecule has 0 saturated carbocycles. The first-order chi connectivity index (χ1) is 28.0. The summed E-state index contributed by atoms with van der Waals surface area (Å²) in [6.07, 6.45) is 0. The van der Waals surface area contributed by atoms with Crippen molar-refractivity contribution in [2.24, 2.45) is 0 Å². The molecule has 0 aromatic heterocycles. The quantitative estimate of drug-likeness (QED) is 0.195. The Morgan fingerprint density at radius 2 is 1.00 bits per heavy atom. The van der Waals surface area contributed by atoms with Crippen LogP contribution in [-0.4, -0.2) is 128 Å². The maximum atomic E-state index is 13.6. The van der Waals surface area contributed by atoms with Crippen LogP contribution in [0.4, 0.5) is 11.4 Å². The van der Waals surface area contributed by atoms with Gasteiger partial charge < -0.3 is 19.5 Å². The number of esters is 2. The SMILES string of the molecule is COC(=O)c1ccc(CN(c2ccccc2)S(=O)(=O)N2CCN(C3COC3)CC2)cc1.COC(=O)c1ccc(CN(c2ccccc2)S(=O)(=O)N2CCNCC2)cc1.Cl. The zero-order valence-electron chi connectivity index (χ0n) is 33.1. The summed E-state index contributed by atoms with van der Waals surface area (Å²) in [5.74, 6) is -0.844. The van der Waals surface area contributed by atoms with Gasteiger partial charge in [-0.15, -0.1) is 12.4 Å². The van der Waals surface area contributed by atoms with Crippen LogP contribution in [0.15, 0.2) is 109 Å². The molecule has 59 heavy (non-hydrogen) atoms. The van der Waals surface area contributed by atoms with E-state index in [-0.39, 0.29) is 25.5 Å². The first-order valence-electron chi connectivity index (χ1n) is 19.0. The second kappa shape index (κ2) is 21.1. The molecular weight excluding hydrogens is 820 g/mol. The fourth-order valence-electron chi connectivity index (χ4n) is 6.75. The lowest BCUT2D eigenvalue weighted by Gasteiger charge is -2.43. The van der Waals surface area contributed by atoms with Crippen molar-refractivity contribution in [1.82, 2.24) is 18.8 Å². The van der Waals surface area contributed by atoms with Crippen molar-refractivity contribution in [2.75, 3.05) is 88.4 Å². The van der Waals surface area contributed by atoms with E-state index in [4.69, 9.17) is 14.2 Å². The fraction of sp³-hybridized carbons (Fsp3) is 0.366. The highest BCUT2D eigenvalue weighted by Crippen LogP contribution is 2.26. The summed E-state index contributed by atoms with van der Waals surface area (Å²) in [4.78, 5) is 25.6.